The number of allylic oxidation sites excluding steroid dienone is 1. The number of carbonyl (C=O) groups excluding carboxylic acids is 1. The maximum absolute atomic E-state index is 11.9. The minimum absolute atomic E-state index is 0.0211. The molecule has 0 spiro atoms. The molecular formula is C16H23NO3. The summed E-state index contributed by atoms with van der Waals surface area (Å²) in [5.74, 6) is 1.20. The summed E-state index contributed by atoms with van der Waals surface area (Å²) < 4.78 is 10.9. The van der Waals surface area contributed by atoms with Crippen LogP contribution in [-0.2, 0) is 11.2 Å². The standard InChI is InChI=1S/C16H23NO3/c1-5-8-13-9-10-14(15(11-13)19-4)20-12-16(18)17(6-2)7-3/h5,9-11H,1,6-8,12H2,2-4H3. The van der Waals surface area contributed by atoms with Crippen molar-refractivity contribution in [3.05, 3.63) is 36.4 Å². The first kappa shape index (κ1) is 16.1. The van der Waals surface area contributed by atoms with Crippen LogP contribution in [0.2, 0.25) is 0 Å². The molecule has 0 saturated carbocycles. The van der Waals surface area contributed by atoms with Crippen LogP contribution in [0.15, 0.2) is 30.9 Å². The number of amides is 1. The van der Waals surface area contributed by atoms with E-state index in [2.05, 4.69) is 6.58 Å². The molecule has 0 aliphatic heterocycles. The monoisotopic (exact) mass is 277 g/mol. The van der Waals surface area contributed by atoms with Gasteiger partial charge in [0.05, 0.1) is 7.11 Å². The van der Waals surface area contributed by atoms with E-state index in [0.717, 1.165) is 12.0 Å². The van der Waals surface area contributed by atoms with E-state index in [4.69, 9.17) is 9.47 Å². The molecule has 1 aromatic carbocycles. The Morgan fingerprint density at radius 1 is 1.30 bits per heavy atom. The van der Waals surface area contributed by atoms with Gasteiger partial charge in [-0.15, -0.1) is 6.58 Å². The van der Waals surface area contributed by atoms with Gasteiger partial charge in [-0.25, -0.2) is 0 Å². The number of ether oxygens (including phenoxy) is 2. The van der Waals surface area contributed by atoms with E-state index in [0.29, 0.717) is 24.6 Å². The van der Waals surface area contributed by atoms with E-state index in [1.54, 1.807) is 12.0 Å². The fourth-order valence-electron chi connectivity index (χ4n) is 1.93. The minimum atomic E-state index is -0.0211. The second kappa shape index (κ2) is 8.25. The Morgan fingerprint density at radius 2 is 2.00 bits per heavy atom. The van der Waals surface area contributed by atoms with Gasteiger partial charge < -0.3 is 14.4 Å². The molecule has 20 heavy (non-hydrogen) atoms. The zero-order valence-electron chi connectivity index (χ0n) is 12.5. The van der Waals surface area contributed by atoms with Crippen molar-refractivity contribution in [1.82, 2.24) is 4.90 Å². The summed E-state index contributed by atoms with van der Waals surface area (Å²) in [7, 11) is 1.59. The van der Waals surface area contributed by atoms with Gasteiger partial charge in [0.15, 0.2) is 18.1 Å². The van der Waals surface area contributed by atoms with Crippen LogP contribution in [-0.4, -0.2) is 37.6 Å². The van der Waals surface area contributed by atoms with Crippen LogP contribution in [0.5, 0.6) is 11.5 Å². The molecule has 0 saturated heterocycles. The molecular weight excluding hydrogens is 254 g/mol. The zero-order chi connectivity index (χ0) is 15.0. The smallest absolute Gasteiger partial charge is 0.260 e. The number of benzene rings is 1. The van der Waals surface area contributed by atoms with Crippen LogP contribution in [0.1, 0.15) is 19.4 Å². The third kappa shape index (κ3) is 4.30. The first-order valence-corrected chi connectivity index (χ1v) is 6.84. The van der Waals surface area contributed by atoms with Crippen molar-refractivity contribution < 1.29 is 14.3 Å². The molecule has 1 amide bonds. The highest BCUT2D eigenvalue weighted by molar-refractivity contribution is 5.77. The average Bonchev–Trinajstić information content (AvgIpc) is 2.47. The molecule has 0 fully saturated rings. The van der Waals surface area contributed by atoms with E-state index < -0.39 is 0 Å². The van der Waals surface area contributed by atoms with Gasteiger partial charge in [-0.2, -0.15) is 0 Å². The summed E-state index contributed by atoms with van der Waals surface area (Å²) >= 11 is 0. The van der Waals surface area contributed by atoms with Crippen LogP contribution in [0, 0.1) is 0 Å². The number of rotatable bonds is 8. The van der Waals surface area contributed by atoms with Gasteiger partial charge in [0.25, 0.3) is 5.91 Å². The lowest BCUT2D eigenvalue weighted by molar-refractivity contribution is -0.132. The van der Waals surface area contributed by atoms with Crippen molar-refractivity contribution in [3.63, 3.8) is 0 Å². The van der Waals surface area contributed by atoms with Crippen LogP contribution in [0.4, 0.5) is 0 Å². The molecule has 4 nitrogen and oxygen atoms in total. The van der Waals surface area contributed by atoms with Crippen LogP contribution >= 0.6 is 0 Å². The van der Waals surface area contributed by atoms with Crippen molar-refractivity contribution in [3.8, 4) is 11.5 Å². The minimum Gasteiger partial charge on any atom is -0.493 e. The number of carbonyl (C=O) groups is 1. The number of hydrogen-bond donors (Lipinski definition) is 0. The van der Waals surface area contributed by atoms with Gasteiger partial charge >= 0.3 is 0 Å². The summed E-state index contributed by atoms with van der Waals surface area (Å²) in [6.45, 7) is 9.01. The highest BCUT2D eigenvalue weighted by Gasteiger charge is 2.12. The van der Waals surface area contributed by atoms with Crippen molar-refractivity contribution in [1.29, 1.82) is 0 Å². The number of methoxy groups -OCH3 is 1. The Labute approximate surface area is 121 Å². The Morgan fingerprint density at radius 3 is 2.55 bits per heavy atom. The predicted molar refractivity (Wildman–Crippen MR) is 80.3 cm³/mol. The van der Waals surface area contributed by atoms with Crippen molar-refractivity contribution in [2.75, 3.05) is 26.8 Å². The molecule has 0 aliphatic rings. The number of hydrogen-bond acceptors (Lipinski definition) is 3. The summed E-state index contributed by atoms with van der Waals surface area (Å²) in [6.07, 6.45) is 2.61. The first-order valence-electron chi connectivity index (χ1n) is 6.84. The van der Waals surface area contributed by atoms with Crippen LogP contribution in [0.3, 0.4) is 0 Å². The molecule has 0 atom stereocenters. The van der Waals surface area contributed by atoms with Gasteiger partial charge in [0.1, 0.15) is 0 Å². The number of nitrogens with zero attached hydrogens (tertiary/aromatic N) is 1. The maximum atomic E-state index is 11.9. The van der Waals surface area contributed by atoms with Crippen LogP contribution < -0.4 is 9.47 Å². The van der Waals surface area contributed by atoms with E-state index in [1.165, 1.54) is 0 Å². The first-order chi connectivity index (χ1) is 9.65. The largest absolute Gasteiger partial charge is 0.493 e. The molecule has 0 aromatic heterocycles. The van der Waals surface area contributed by atoms with Gasteiger partial charge in [-0.1, -0.05) is 12.1 Å². The Bertz CT molecular complexity index is 453. The molecule has 0 N–H and O–H groups in total. The lowest BCUT2D eigenvalue weighted by Crippen LogP contribution is -2.34. The summed E-state index contributed by atoms with van der Waals surface area (Å²) in [4.78, 5) is 13.6. The molecule has 1 aromatic rings. The lowest BCUT2D eigenvalue weighted by atomic mass is 10.1. The Hall–Kier alpha value is -1.97. The van der Waals surface area contributed by atoms with Gasteiger partial charge in [0, 0.05) is 13.1 Å². The van der Waals surface area contributed by atoms with E-state index >= 15 is 0 Å². The van der Waals surface area contributed by atoms with E-state index in [-0.39, 0.29) is 12.5 Å². The maximum Gasteiger partial charge on any atom is 0.260 e. The number of likely N-dealkylation sites (N-methyl/N-ethyl adjacent to an activating group) is 1. The Kier molecular flexibility index (Phi) is 6.64. The fourth-order valence-corrected chi connectivity index (χ4v) is 1.93. The van der Waals surface area contributed by atoms with E-state index in [9.17, 15) is 4.79 Å². The summed E-state index contributed by atoms with van der Waals surface area (Å²) in [5.41, 5.74) is 1.10. The average molecular weight is 277 g/mol. The topological polar surface area (TPSA) is 38.8 Å². The normalized spacial score (nSPS) is 9.95. The second-order valence-electron chi connectivity index (χ2n) is 4.33. The molecule has 1 rings (SSSR count). The zero-order valence-corrected chi connectivity index (χ0v) is 12.5. The molecule has 0 unspecified atom stereocenters. The van der Waals surface area contributed by atoms with E-state index in [1.807, 2.05) is 38.1 Å². The molecule has 0 aliphatic carbocycles. The molecule has 0 bridgehead atoms. The summed E-state index contributed by atoms with van der Waals surface area (Å²) in [6, 6.07) is 5.67. The van der Waals surface area contributed by atoms with Crippen molar-refractivity contribution in [2.45, 2.75) is 20.3 Å². The van der Waals surface area contributed by atoms with Crippen molar-refractivity contribution in [2.24, 2.45) is 0 Å². The Balaban J connectivity index is 2.72. The lowest BCUT2D eigenvalue weighted by Gasteiger charge is -2.19. The molecule has 110 valence electrons. The highest BCUT2D eigenvalue weighted by atomic mass is 16.5. The van der Waals surface area contributed by atoms with Gasteiger partial charge in [-0.05, 0) is 38.0 Å². The quantitative estimate of drug-likeness (QED) is 0.686. The molecule has 0 radical (unpaired) electrons. The summed E-state index contributed by atoms with van der Waals surface area (Å²) in [5, 5.41) is 0. The SMILES string of the molecule is C=CCc1ccc(OCC(=O)N(CC)CC)c(OC)c1. The van der Waals surface area contributed by atoms with Gasteiger partial charge in [0.2, 0.25) is 0 Å². The molecule has 4 heteroatoms. The van der Waals surface area contributed by atoms with Gasteiger partial charge in [-0.3, -0.25) is 4.79 Å². The second-order valence-corrected chi connectivity index (χ2v) is 4.33. The predicted octanol–water partition coefficient (Wildman–Crippen LogP) is 2.67. The fraction of sp³-hybridized carbons (Fsp3) is 0.438. The third-order valence-electron chi connectivity index (χ3n) is 3.08. The van der Waals surface area contributed by atoms with Crippen LogP contribution in [0.25, 0.3) is 0 Å². The molecule has 0 heterocycles. The third-order valence-corrected chi connectivity index (χ3v) is 3.08. The van der Waals surface area contributed by atoms with Crippen molar-refractivity contribution >= 4 is 5.91 Å². The highest BCUT2D eigenvalue weighted by Crippen LogP contribution is 2.28.